The Balaban J connectivity index is 1.46. The van der Waals surface area contributed by atoms with Crippen LogP contribution in [0, 0.1) is 5.82 Å². The van der Waals surface area contributed by atoms with Crippen LogP contribution in [0.5, 0.6) is 0 Å². The lowest BCUT2D eigenvalue weighted by atomic mass is 10.0. The number of carboxylic acid groups (broad SMARTS) is 1. The average molecular weight is 550 g/mol. The topological polar surface area (TPSA) is 161 Å². The van der Waals surface area contributed by atoms with Crippen LogP contribution in [0.4, 0.5) is 20.0 Å². The highest BCUT2D eigenvalue weighted by Crippen LogP contribution is 2.30. The van der Waals surface area contributed by atoms with Crippen molar-refractivity contribution in [2.45, 2.75) is 42.7 Å². The van der Waals surface area contributed by atoms with Crippen LogP contribution < -0.4 is 15.4 Å². The number of carbonyl (C=O) groups is 2. The number of nitrogens with one attached hydrogen (secondary N) is 3. The van der Waals surface area contributed by atoms with Gasteiger partial charge in [-0.05, 0) is 31.9 Å². The number of likely N-dealkylation sites (tertiary alicyclic amines) is 1. The normalized spacial score (nSPS) is 20.0. The van der Waals surface area contributed by atoms with E-state index >= 15 is 0 Å². The van der Waals surface area contributed by atoms with Gasteiger partial charge < -0.3 is 20.8 Å². The van der Waals surface area contributed by atoms with Gasteiger partial charge in [-0.15, -0.1) is 11.3 Å². The van der Waals surface area contributed by atoms with Crippen LogP contribution >= 0.6 is 22.9 Å². The Morgan fingerprint density at radius 1 is 1.34 bits per heavy atom. The third-order valence-electron chi connectivity index (χ3n) is 5.25. The van der Waals surface area contributed by atoms with E-state index in [-0.39, 0.29) is 35.4 Å². The fourth-order valence-electron chi connectivity index (χ4n) is 3.62. The zero-order valence-electron chi connectivity index (χ0n) is 18.6. The Kier molecular flexibility index (Phi) is 8.41. The number of carbonyl (C=O) groups excluding carboxylic acids is 1. The summed E-state index contributed by atoms with van der Waals surface area (Å²) in [5.74, 6) is -1.46. The minimum atomic E-state index is -4.20. The molecule has 15 heteroatoms. The fraction of sp³-hybridized carbons (Fsp3) is 0.450. The van der Waals surface area contributed by atoms with Crippen LogP contribution in [-0.4, -0.2) is 71.8 Å². The van der Waals surface area contributed by atoms with Crippen molar-refractivity contribution in [1.29, 1.82) is 0 Å². The molecule has 3 rings (SSSR count). The van der Waals surface area contributed by atoms with Gasteiger partial charge in [-0.1, -0.05) is 11.6 Å². The molecule has 35 heavy (non-hydrogen) atoms. The molecule has 1 aromatic heterocycles. The molecule has 1 aromatic carbocycles. The van der Waals surface area contributed by atoms with Gasteiger partial charge in [-0.3, -0.25) is 14.4 Å². The van der Waals surface area contributed by atoms with Crippen LogP contribution in [-0.2, 0) is 14.8 Å². The van der Waals surface area contributed by atoms with Crippen molar-refractivity contribution in [3.05, 3.63) is 34.5 Å². The Bertz CT molecular complexity index is 1180. The predicted octanol–water partition coefficient (Wildman–Crippen LogP) is 2.55. The maximum absolute atomic E-state index is 14.5. The monoisotopic (exact) mass is 549 g/mol. The number of halogens is 2. The fourth-order valence-corrected chi connectivity index (χ4v) is 5.79. The number of hydrogen-bond donors (Lipinski definition) is 5. The molecule has 0 bridgehead atoms. The van der Waals surface area contributed by atoms with Crippen LogP contribution in [0.1, 0.15) is 26.2 Å². The summed E-state index contributed by atoms with van der Waals surface area (Å²) < 4.78 is 41.5. The largest absolute Gasteiger partial charge is 0.465 e. The van der Waals surface area contributed by atoms with Crippen molar-refractivity contribution in [2.24, 2.45) is 0 Å². The Morgan fingerprint density at radius 3 is 2.71 bits per heavy atom. The van der Waals surface area contributed by atoms with Crippen LogP contribution in [0.15, 0.2) is 28.6 Å². The Hall–Kier alpha value is -2.68. The molecule has 2 aromatic rings. The van der Waals surface area contributed by atoms with E-state index in [1.54, 1.807) is 5.38 Å². The maximum Gasteiger partial charge on any atom is 0.408 e. The van der Waals surface area contributed by atoms with E-state index in [1.165, 1.54) is 13.1 Å². The summed E-state index contributed by atoms with van der Waals surface area (Å²) in [4.78, 5) is 27.8. The molecule has 1 saturated heterocycles. The van der Waals surface area contributed by atoms with Crippen molar-refractivity contribution < 1.29 is 32.6 Å². The Morgan fingerprint density at radius 2 is 2.06 bits per heavy atom. The summed E-state index contributed by atoms with van der Waals surface area (Å²) in [5.41, 5.74) is -1.04. The lowest BCUT2D eigenvalue weighted by Gasteiger charge is -2.20. The summed E-state index contributed by atoms with van der Waals surface area (Å²) in [6.07, 6.45) is 1.23. The number of anilines is 2. The second kappa shape index (κ2) is 10.9. The molecule has 2 heterocycles. The van der Waals surface area contributed by atoms with E-state index in [2.05, 4.69) is 20.3 Å². The number of β-amino-alcohol motifs (C(OH)–C–C–N with tert-alkyl or cyclic N) is 1. The first-order valence-corrected chi connectivity index (χ1v) is 13.3. The quantitative estimate of drug-likeness (QED) is 0.282. The molecule has 192 valence electrons. The van der Waals surface area contributed by atoms with Gasteiger partial charge in [0.2, 0.25) is 5.91 Å². The summed E-state index contributed by atoms with van der Waals surface area (Å²) in [6, 6.07) is 1.05. The number of sulfonamides is 1. The van der Waals surface area contributed by atoms with Crippen molar-refractivity contribution in [3.63, 3.8) is 0 Å². The van der Waals surface area contributed by atoms with E-state index in [1.807, 2.05) is 0 Å². The van der Waals surface area contributed by atoms with Crippen molar-refractivity contribution in [3.8, 4) is 0 Å². The van der Waals surface area contributed by atoms with Gasteiger partial charge in [0, 0.05) is 31.1 Å². The predicted molar refractivity (Wildman–Crippen MR) is 129 cm³/mol. The molecule has 1 aliphatic heterocycles. The molecule has 2 atom stereocenters. The van der Waals surface area contributed by atoms with Crippen molar-refractivity contribution >= 4 is 55.8 Å². The highest BCUT2D eigenvalue weighted by atomic mass is 35.5. The van der Waals surface area contributed by atoms with Crippen LogP contribution in [0.3, 0.4) is 0 Å². The molecule has 0 spiro atoms. The summed E-state index contributed by atoms with van der Waals surface area (Å²) in [6.45, 7) is 1.98. The molecular formula is C20H25ClFN5O6S2. The third kappa shape index (κ3) is 6.93. The van der Waals surface area contributed by atoms with E-state index in [0.29, 0.717) is 19.4 Å². The SMILES string of the molecule is CC1(O)C[C@@H](C(=O)NCCCCNc2cc(F)c(S(=O)(=O)Nc3nccs3)cc2Cl)N(C(=O)O)C1. The van der Waals surface area contributed by atoms with E-state index in [4.69, 9.17) is 11.6 Å². The minimum Gasteiger partial charge on any atom is -0.465 e. The van der Waals surface area contributed by atoms with E-state index in [0.717, 1.165) is 28.4 Å². The van der Waals surface area contributed by atoms with Crippen LogP contribution in [0.2, 0.25) is 5.02 Å². The molecule has 1 unspecified atom stereocenters. The molecule has 2 amide bonds. The zero-order valence-corrected chi connectivity index (χ0v) is 21.0. The Labute approximate surface area is 210 Å². The summed E-state index contributed by atoms with van der Waals surface area (Å²) in [7, 11) is -4.20. The molecule has 1 fully saturated rings. The number of nitrogens with zero attached hydrogens (tertiary/aromatic N) is 2. The van der Waals surface area contributed by atoms with Gasteiger partial charge in [0.1, 0.15) is 16.8 Å². The first kappa shape index (κ1) is 26.9. The van der Waals surface area contributed by atoms with Gasteiger partial charge in [-0.25, -0.2) is 22.6 Å². The van der Waals surface area contributed by atoms with Gasteiger partial charge in [0.15, 0.2) is 5.13 Å². The van der Waals surface area contributed by atoms with Crippen molar-refractivity contribution in [1.82, 2.24) is 15.2 Å². The average Bonchev–Trinajstić information content (AvgIpc) is 3.38. The number of amides is 2. The number of rotatable bonds is 10. The lowest BCUT2D eigenvalue weighted by molar-refractivity contribution is -0.125. The van der Waals surface area contributed by atoms with E-state index < -0.39 is 44.4 Å². The second-order valence-corrected chi connectivity index (χ2v) is 11.2. The molecule has 0 radical (unpaired) electrons. The van der Waals surface area contributed by atoms with Crippen LogP contribution in [0.25, 0.3) is 0 Å². The lowest BCUT2D eigenvalue weighted by Crippen LogP contribution is -2.45. The number of aliphatic hydroxyl groups is 1. The number of hydrogen-bond acceptors (Lipinski definition) is 8. The molecule has 1 aliphatic rings. The molecule has 0 saturated carbocycles. The minimum absolute atomic E-state index is 0.0151. The first-order valence-electron chi connectivity index (χ1n) is 10.5. The van der Waals surface area contributed by atoms with Gasteiger partial charge in [0.05, 0.1) is 22.9 Å². The summed E-state index contributed by atoms with van der Waals surface area (Å²) >= 11 is 7.19. The standard InChI is InChI=1S/C20H25ClFN5O6S2/c1-20(31)10-15(27(11-20)19(29)30)17(28)24-5-3-2-4-23-14-9-13(22)16(8-12(14)21)35(32,33)26-18-25-6-7-34-18/h6-9,15,23,31H,2-5,10-11H2,1H3,(H,24,28)(H,25,26)(H,29,30)/t15-,20?/m0/s1. The number of aromatic nitrogens is 1. The van der Waals surface area contributed by atoms with Gasteiger partial charge >= 0.3 is 6.09 Å². The molecule has 11 nitrogen and oxygen atoms in total. The number of benzene rings is 1. The summed E-state index contributed by atoms with van der Waals surface area (Å²) in [5, 5.41) is 26.6. The third-order valence-corrected chi connectivity index (χ3v) is 7.74. The molecular weight excluding hydrogens is 525 g/mol. The van der Waals surface area contributed by atoms with Gasteiger partial charge in [0.25, 0.3) is 10.0 Å². The molecule has 5 N–H and O–H groups in total. The maximum atomic E-state index is 14.5. The number of unbranched alkanes of at least 4 members (excludes halogenated alkanes) is 1. The second-order valence-electron chi connectivity index (χ2n) is 8.26. The highest BCUT2D eigenvalue weighted by molar-refractivity contribution is 7.93. The molecule has 0 aliphatic carbocycles. The highest BCUT2D eigenvalue weighted by Gasteiger charge is 2.45. The van der Waals surface area contributed by atoms with Gasteiger partial charge in [-0.2, -0.15) is 0 Å². The zero-order chi connectivity index (χ0) is 25.8. The van der Waals surface area contributed by atoms with E-state index in [9.17, 15) is 32.6 Å². The number of thiazole rings is 1. The first-order chi connectivity index (χ1) is 16.4. The van der Waals surface area contributed by atoms with Crippen molar-refractivity contribution in [2.75, 3.05) is 29.7 Å². The smallest absolute Gasteiger partial charge is 0.408 e.